The molecule has 3 aromatic rings. The largest absolute Gasteiger partial charge is 0.467 e. The molecule has 0 atom stereocenters. The van der Waals surface area contributed by atoms with E-state index in [4.69, 9.17) is 16.0 Å². The molecule has 2 aromatic carbocycles. The van der Waals surface area contributed by atoms with Gasteiger partial charge in [-0.3, -0.25) is 19.3 Å². The van der Waals surface area contributed by atoms with Crippen molar-refractivity contribution in [2.75, 3.05) is 5.32 Å². The number of rotatable bonds is 6. The van der Waals surface area contributed by atoms with E-state index in [1.165, 1.54) is 29.8 Å². The molecule has 0 saturated carbocycles. The lowest BCUT2D eigenvalue weighted by Gasteiger charge is -2.13. The molecule has 0 saturated heterocycles. The number of carbonyl (C=O) groups is 3. The van der Waals surface area contributed by atoms with E-state index in [0.717, 1.165) is 4.90 Å². The SMILES string of the molecule is CC(=O)Nc1ccc(C2=C(Sc3ccc(Cl)cc3)C(=O)N(Cc3ccco3)C2=O)cc1. The van der Waals surface area contributed by atoms with Gasteiger partial charge in [0.15, 0.2) is 0 Å². The van der Waals surface area contributed by atoms with Crippen LogP contribution in [-0.4, -0.2) is 22.6 Å². The van der Waals surface area contributed by atoms with Crippen LogP contribution in [0.15, 0.2) is 81.1 Å². The fourth-order valence-electron chi connectivity index (χ4n) is 3.15. The highest BCUT2D eigenvalue weighted by molar-refractivity contribution is 8.04. The fraction of sp³-hybridized carbons (Fsp3) is 0.0870. The number of thioether (sulfide) groups is 1. The van der Waals surface area contributed by atoms with Gasteiger partial charge < -0.3 is 9.73 Å². The number of halogens is 1. The predicted octanol–water partition coefficient (Wildman–Crippen LogP) is 4.96. The van der Waals surface area contributed by atoms with Crippen molar-refractivity contribution in [2.45, 2.75) is 18.4 Å². The molecule has 6 nitrogen and oxygen atoms in total. The smallest absolute Gasteiger partial charge is 0.268 e. The number of nitrogens with one attached hydrogen (secondary N) is 1. The van der Waals surface area contributed by atoms with E-state index >= 15 is 0 Å². The summed E-state index contributed by atoms with van der Waals surface area (Å²) >= 11 is 7.18. The Morgan fingerprint density at radius 3 is 2.35 bits per heavy atom. The molecule has 31 heavy (non-hydrogen) atoms. The van der Waals surface area contributed by atoms with Crippen LogP contribution in [-0.2, 0) is 20.9 Å². The van der Waals surface area contributed by atoms with Gasteiger partial charge in [0.1, 0.15) is 5.76 Å². The molecule has 0 spiro atoms. The predicted molar refractivity (Wildman–Crippen MR) is 119 cm³/mol. The molecular weight excluding hydrogens is 436 g/mol. The zero-order valence-corrected chi connectivity index (χ0v) is 18.0. The summed E-state index contributed by atoms with van der Waals surface area (Å²) in [5.74, 6) is -0.463. The summed E-state index contributed by atoms with van der Waals surface area (Å²) in [4.78, 5) is 40.0. The van der Waals surface area contributed by atoms with Gasteiger partial charge in [-0.15, -0.1) is 0 Å². The van der Waals surface area contributed by atoms with E-state index in [2.05, 4.69) is 5.32 Å². The second-order valence-corrected chi connectivity index (χ2v) is 8.31. The molecule has 8 heteroatoms. The summed E-state index contributed by atoms with van der Waals surface area (Å²) < 4.78 is 5.33. The van der Waals surface area contributed by atoms with Gasteiger partial charge in [0.2, 0.25) is 5.91 Å². The number of benzene rings is 2. The van der Waals surface area contributed by atoms with Crippen LogP contribution in [0.1, 0.15) is 18.2 Å². The summed E-state index contributed by atoms with van der Waals surface area (Å²) in [6, 6.07) is 17.3. The second-order valence-electron chi connectivity index (χ2n) is 6.79. The van der Waals surface area contributed by atoms with E-state index in [1.807, 2.05) is 0 Å². The van der Waals surface area contributed by atoms with Crippen LogP contribution >= 0.6 is 23.4 Å². The van der Waals surface area contributed by atoms with Crippen LogP contribution in [0, 0.1) is 0 Å². The molecule has 0 bridgehead atoms. The van der Waals surface area contributed by atoms with Crippen molar-refractivity contribution < 1.29 is 18.8 Å². The van der Waals surface area contributed by atoms with Gasteiger partial charge in [-0.25, -0.2) is 0 Å². The van der Waals surface area contributed by atoms with E-state index in [1.54, 1.807) is 60.7 Å². The van der Waals surface area contributed by atoms with Crippen LogP contribution in [0.25, 0.3) is 5.57 Å². The van der Waals surface area contributed by atoms with Gasteiger partial charge in [-0.05, 0) is 54.1 Å². The average Bonchev–Trinajstić information content (AvgIpc) is 3.33. The standard InChI is InChI=1S/C23H17ClN2O4S/c1-14(27)25-17-8-4-15(5-9-17)20-21(31-19-10-6-16(24)7-11-19)23(29)26(22(20)28)13-18-3-2-12-30-18/h2-12H,13H2,1H3,(H,25,27). The molecule has 0 radical (unpaired) electrons. The highest BCUT2D eigenvalue weighted by Gasteiger charge is 2.39. The summed E-state index contributed by atoms with van der Waals surface area (Å²) in [6.07, 6.45) is 1.50. The number of amides is 3. The Morgan fingerprint density at radius 2 is 1.74 bits per heavy atom. The molecule has 2 heterocycles. The van der Waals surface area contributed by atoms with Crippen molar-refractivity contribution in [1.29, 1.82) is 0 Å². The van der Waals surface area contributed by atoms with Gasteiger partial charge in [0.05, 0.1) is 23.3 Å². The summed E-state index contributed by atoms with van der Waals surface area (Å²) in [5.41, 5.74) is 1.50. The number of hydrogen-bond acceptors (Lipinski definition) is 5. The number of hydrogen-bond donors (Lipinski definition) is 1. The topological polar surface area (TPSA) is 79.6 Å². The van der Waals surface area contributed by atoms with Crippen molar-refractivity contribution >= 4 is 52.3 Å². The zero-order chi connectivity index (χ0) is 22.0. The Balaban J connectivity index is 1.71. The van der Waals surface area contributed by atoms with E-state index in [9.17, 15) is 14.4 Å². The first-order chi connectivity index (χ1) is 14.9. The summed E-state index contributed by atoms with van der Waals surface area (Å²) in [7, 11) is 0. The number of anilines is 1. The third-order valence-corrected chi connectivity index (χ3v) is 5.89. The molecule has 1 N–H and O–H groups in total. The minimum absolute atomic E-state index is 0.0445. The van der Waals surface area contributed by atoms with E-state index < -0.39 is 5.91 Å². The lowest BCUT2D eigenvalue weighted by atomic mass is 10.1. The van der Waals surface area contributed by atoms with Crippen molar-refractivity contribution in [3.05, 3.63) is 88.2 Å². The first-order valence-corrected chi connectivity index (χ1v) is 10.6. The Morgan fingerprint density at radius 1 is 1.03 bits per heavy atom. The summed E-state index contributed by atoms with van der Waals surface area (Å²) in [6.45, 7) is 1.46. The van der Waals surface area contributed by atoms with Gasteiger partial charge in [-0.2, -0.15) is 0 Å². The normalized spacial score (nSPS) is 13.8. The van der Waals surface area contributed by atoms with Gasteiger partial charge >= 0.3 is 0 Å². The molecular formula is C23H17ClN2O4S. The van der Waals surface area contributed by atoms with Gasteiger partial charge in [0.25, 0.3) is 11.8 Å². The van der Waals surface area contributed by atoms with Crippen LogP contribution in [0.3, 0.4) is 0 Å². The molecule has 156 valence electrons. The number of furan rings is 1. The molecule has 4 rings (SSSR count). The quantitative estimate of drug-likeness (QED) is 0.534. The van der Waals surface area contributed by atoms with E-state index in [-0.39, 0.29) is 18.4 Å². The third-order valence-electron chi connectivity index (χ3n) is 4.55. The molecule has 1 aliphatic rings. The highest BCUT2D eigenvalue weighted by atomic mass is 35.5. The van der Waals surface area contributed by atoms with Crippen molar-refractivity contribution in [3.63, 3.8) is 0 Å². The Kier molecular flexibility index (Phi) is 5.97. The first kappa shape index (κ1) is 21.0. The minimum atomic E-state index is -0.398. The molecule has 1 aromatic heterocycles. The lowest BCUT2D eigenvalue weighted by Crippen LogP contribution is -2.30. The summed E-state index contributed by atoms with van der Waals surface area (Å²) in [5, 5.41) is 3.27. The monoisotopic (exact) mass is 452 g/mol. The number of carbonyl (C=O) groups excluding carboxylic acids is 3. The maximum atomic E-state index is 13.3. The Hall–Kier alpha value is -3.29. The molecule has 0 unspecified atom stereocenters. The van der Waals surface area contributed by atoms with Gasteiger partial charge in [-0.1, -0.05) is 35.5 Å². The minimum Gasteiger partial charge on any atom is -0.467 e. The number of nitrogens with zero attached hydrogens (tertiary/aromatic N) is 1. The number of imide groups is 1. The average molecular weight is 453 g/mol. The maximum Gasteiger partial charge on any atom is 0.268 e. The Labute approximate surface area is 187 Å². The van der Waals surface area contributed by atoms with Crippen molar-refractivity contribution in [2.24, 2.45) is 0 Å². The van der Waals surface area contributed by atoms with Crippen LogP contribution in [0.4, 0.5) is 5.69 Å². The van der Waals surface area contributed by atoms with Crippen molar-refractivity contribution in [1.82, 2.24) is 4.90 Å². The van der Waals surface area contributed by atoms with Crippen LogP contribution in [0.5, 0.6) is 0 Å². The maximum absolute atomic E-state index is 13.3. The molecule has 1 aliphatic heterocycles. The lowest BCUT2D eigenvalue weighted by molar-refractivity contribution is -0.137. The van der Waals surface area contributed by atoms with Crippen LogP contribution in [0.2, 0.25) is 5.02 Å². The molecule has 3 amide bonds. The highest BCUT2D eigenvalue weighted by Crippen LogP contribution is 2.40. The zero-order valence-electron chi connectivity index (χ0n) is 16.4. The first-order valence-electron chi connectivity index (χ1n) is 9.36. The molecule has 0 fully saturated rings. The molecule has 0 aliphatic carbocycles. The van der Waals surface area contributed by atoms with Crippen LogP contribution < -0.4 is 5.32 Å². The van der Waals surface area contributed by atoms with Gasteiger partial charge in [0, 0.05) is 22.5 Å². The van der Waals surface area contributed by atoms with E-state index in [0.29, 0.717) is 32.5 Å². The second kappa shape index (κ2) is 8.83. The Bertz CT molecular complexity index is 1170. The van der Waals surface area contributed by atoms with Crippen molar-refractivity contribution in [3.8, 4) is 0 Å². The third kappa shape index (κ3) is 4.57. The fourth-order valence-corrected chi connectivity index (χ4v) is 4.29.